The molecule has 0 aliphatic rings. The minimum atomic E-state index is -1.05. The van der Waals surface area contributed by atoms with Crippen molar-refractivity contribution in [3.63, 3.8) is 0 Å². The first-order valence-corrected chi connectivity index (χ1v) is 11.7. The van der Waals surface area contributed by atoms with Gasteiger partial charge in [-0.2, -0.15) is 0 Å². The number of hydrogen-bond acceptors (Lipinski definition) is 6. The monoisotopic (exact) mass is 490 g/mol. The summed E-state index contributed by atoms with van der Waals surface area (Å²) < 4.78 is 12.7. The van der Waals surface area contributed by atoms with Crippen molar-refractivity contribution >= 4 is 23.8 Å². The van der Waals surface area contributed by atoms with Gasteiger partial charge in [0.05, 0.1) is 14.2 Å². The third-order valence-electron chi connectivity index (χ3n) is 5.52. The van der Waals surface area contributed by atoms with E-state index in [2.05, 4.69) is 25.8 Å². The lowest BCUT2D eigenvalue weighted by atomic mass is 10.2. The Morgan fingerprint density at radius 1 is 1.06 bits per heavy atom. The Labute approximate surface area is 207 Å². The van der Waals surface area contributed by atoms with Crippen LogP contribution in [0.15, 0.2) is 58.6 Å². The molecule has 2 N–H and O–H groups in total. The fourth-order valence-corrected chi connectivity index (χ4v) is 4.54. The number of hydrogen-bond donors (Lipinski definition) is 2. The van der Waals surface area contributed by atoms with Gasteiger partial charge in [0.1, 0.15) is 16.4 Å². The van der Waals surface area contributed by atoms with E-state index >= 15 is 0 Å². The third kappa shape index (κ3) is 5.25. The van der Waals surface area contributed by atoms with Crippen molar-refractivity contribution in [1.82, 2.24) is 19.7 Å². The summed E-state index contributed by atoms with van der Waals surface area (Å²) in [4.78, 5) is 16.7. The maximum Gasteiger partial charge on any atom is 0.342 e. The molecule has 2 heterocycles. The van der Waals surface area contributed by atoms with Gasteiger partial charge in [-0.05, 0) is 80.1 Å². The van der Waals surface area contributed by atoms with Crippen LogP contribution in [0.25, 0.3) is 23.2 Å². The van der Waals surface area contributed by atoms with Gasteiger partial charge in [-0.3, -0.25) is 5.10 Å². The molecule has 8 nitrogen and oxygen atoms in total. The van der Waals surface area contributed by atoms with Crippen LogP contribution in [-0.2, 0) is 4.79 Å². The predicted octanol–water partition coefficient (Wildman–Crippen LogP) is 5.42. The van der Waals surface area contributed by atoms with Gasteiger partial charge in [-0.15, -0.1) is 5.10 Å². The van der Waals surface area contributed by atoms with Gasteiger partial charge in [-0.25, -0.2) is 9.78 Å². The van der Waals surface area contributed by atoms with Gasteiger partial charge < -0.3 is 19.1 Å². The topological polar surface area (TPSA) is 102 Å². The van der Waals surface area contributed by atoms with Gasteiger partial charge in [-0.1, -0.05) is 12.1 Å². The molecule has 0 bridgehead atoms. The van der Waals surface area contributed by atoms with Crippen LogP contribution >= 0.6 is 11.8 Å². The average Bonchev–Trinajstić information content (AvgIpc) is 3.42. The molecule has 0 radical (unpaired) electrons. The molecule has 0 saturated carbocycles. The van der Waals surface area contributed by atoms with E-state index in [4.69, 9.17) is 9.47 Å². The Bertz CT molecular complexity index is 1400. The zero-order valence-electron chi connectivity index (χ0n) is 20.1. The van der Waals surface area contributed by atoms with Crippen molar-refractivity contribution in [2.45, 2.75) is 25.9 Å². The van der Waals surface area contributed by atoms with E-state index in [9.17, 15) is 9.90 Å². The quantitative estimate of drug-likeness (QED) is 0.251. The summed E-state index contributed by atoms with van der Waals surface area (Å²) in [7, 11) is 3.14. The summed E-state index contributed by atoms with van der Waals surface area (Å²) in [6, 6.07) is 15.5. The number of rotatable bonds is 8. The van der Waals surface area contributed by atoms with E-state index in [1.165, 1.54) is 0 Å². The number of nitrogens with one attached hydrogen (secondary N) is 1. The number of methoxy groups -OCH3 is 2. The highest BCUT2D eigenvalue weighted by molar-refractivity contribution is 8.04. The third-order valence-corrected chi connectivity index (χ3v) is 6.40. The molecule has 0 amide bonds. The van der Waals surface area contributed by atoms with Crippen molar-refractivity contribution < 1.29 is 19.4 Å². The number of aliphatic carboxylic acids is 1. The Hall–Kier alpha value is -3.98. The number of aryl methyl sites for hydroxylation is 2. The second-order valence-electron chi connectivity index (χ2n) is 7.98. The number of aromatic amines is 1. The van der Waals surface area contributed by atoms with Gasteiger partial charge >= 0.3 is 5.97 Å². The Morgan fingerprint density at radius 3 is 2.40 bits per heavy atom. The number of nitrogens with zero attached hydrogens (tertiary/aromatic N) is 3. The molecule has 2 aromatic carbocycles. The Balaban J connectivity index is 1.65. The lowest BCUT2D eigenvalue weighted by molar-refractivity contribution is -0.131. The lowest BCUT2D eigenvalue weighted by Gasteiger charge is -2.10. The molecule has 9 heteroatoms. The molecule has 2 aromatic heterocycles. The molecule has 0 aliphatic carbocycles. The van der Waals surface area contributed by atoms with Crippen LogP contribution < -0.4 is 9.47 Å². The Kier molecular flexibility index (Phi) is 6.97. The van der Waals surface area contributed by atoms with E-state index in [1.807, 2.05) is 45.0 Å². The van der Waals surface area contributed by atoms with Crippen molar-refractivity contribution in [3.05, 3.63) is 76.0 Å². The predicted molar refractivity (Wildman–Crippen MR) is 136 cm³/mol. The number of benzene rings is 2. The second-order valence-corrected chi connectivity index (χ2v) is 8.99. The van der Waals surface area contributed by atoms with Crippen molar-refractivity contribution in [3.8, 4) is 28.6 Å². The summed E-state index contributed by atoms with van der Waals surface area (Å²) in [5.74, 6) is 0.650. The van der Waals surface area contributed by atoms with Crippen LogP contribution in [0.2, 0.25) is 0 Å². The van der Waals surface area contributed by atoms with Crippen LogP contribution in [0.4, 0.5) is 0 Å². The van der Waals surface area contributed by atoms with E-state index < -0.39 is 5.97 Å². The fraction of sp³-hybridized carbons (Fsp3) is 0.192. The maximum absolute atomic E-state index is 12.1. The fourth-order valence-electron chi connectivity index (χ4n) is 3.84. The molecule has 0 unspecified atom stereocenters. The average molecular weight is 491 g/mol. The van der Waals surface area contributed by atoms with Gasteiger partial charge in [0.2, 0.25) is 5.16 Å². The maximum atomic E-state index is 12.1. The van der Waals surface area contributed by atoms with Gasteiger partial charge in [0.25, 0.3) is 0 Å². The number of thioether (sulfide) groups is 1. The van der Waals surface area contributed by atoms with Crippen LogP contribution in [0.3, 0.4) is 0 Å². The molecule has 0 fully saturated rings. The SMILES string of the molecule is COc1cc(OC)cc(-c2nc(S/C(=C/c3cc(C)n(-c4cccc(C)c4)c3C)C(=O)O)n[nH]2)c1. The van der Waals surface area contributed by atoms with Crippen LogP contribution in [0.5, 0.6) is 11.5 Å². The number of carboxylic acids is 1. The first-order chi connectivity index (χ1) is 16.8. The summed E-state index contributed by atoms with van der Waals surface area (Å²) in [6.07, 6.45) is 1.66. The smallest absolute Gasteiger partial charge is 0.342 e. The lowest BCUT2D eigenvalue weighted by Crippen LogP contribution is -2.00. The highest BCUT2D eigenvalue weighted by atomic mass is 32.2. The highest BCUT2D eigenvalue weighted by Gasteiger charge is 2.17. The molecule has 35 heavy (non-hydrogen) atoms. The molecule has 180 valence electrons. The summed E-state index contributed by atoms with van der Waals surface area (Å²) in [5, 5.41) is 17.2. The van der Waals surface area contributed by atoms with Crippen molar-refractivity contribution in [2.24, 2.45) is 0 Å². The zero-order chi connectivity index (χ0) is 25.1. The number of ether oxygens (including phenoxy) is 2. The molecule has 4 rings (SSSR count). The zero-order valence-corrected chi connectivity index (χ0v) is 20.9. The molecule has 0 spiro atoms. The molecule has 0 saturated heterocycles. The van der Waals surface area contributed by atoms with Crippen molar-refractivity contribution in [1.29, 1.82) is 0 Å². The first-order valence-electron chi connectivity index (χ1n) is 10.8. The first kappa shape index (κ1) is 24.2. The normalized spacial score (nSPS) is 11.5. The van der Waals surface area contributed by atoms with Crippen LogP contribution in [-0.4, -0.2) is 45.0 Å². The highest BCUT2D eigenvalue weighted by Crippen LogP contribution is 2.32. The minimum Gasteiger partial charge on any atom is -0.497 e. The molecular formula is C26H26N4O4S. The molecular weight excluding hydrogens is 464 g/mol. The van der Waals surface area contributed by atoms with Gasteiger partial charge in [0.15, 0.2) is 5.82 Å². The van der Waals surface area contributed by atoms with E-state index in [-0.39, 0.29) is 4.91 Å². The van der Waals surface area contributed by atoms with E-state index in [0.29, 0.717) is 28.0 Å². The number of carboxylic acid groups (broad SMARTS) is 1. The van der Waals surface area contributed by atoms with E-state index in [1.54, 1.807) is 38.5 Å². The summed E-state index contributed by atoms with van der Waals surface area (Å²) >= 11 is 0.985. The number of carbonyl (C=O) groups is 1. The number of H-pyrrole nitrogens is 1. The largest absolute Gasteiger partial charge is 0.497 e. The molecule has 0 aliphatic heterocycles. The summed E-state index contributed by atoms with van der Waals surface area (Å²) in [5.41, 5.74) is 5.69. The minimum absolute atomic E-state index is 0.114. The molecule has 4 aromatic rings. The van der Waals surface area contributed by atoms with Gasteiger partial charge in [0, 0.05) is 28.7 Å². The standard InChI is InChI=1S/C26H26N4O4S/c1-15-7-6-8-20(9-15)30-16(2)10-18(17(30)3)13-23(25(31)32)35-26-27-24(28-29-26)19-11-21(33-4)14-22(12-19)34-5/h6-14H,1-5H3,(H,31,32)(H,27,28,29)/b23-13+. The second kappa shape index (κ2) is 10.1. The van der Waals surface area contributed by atoms with Crippen LogP contribution in [0, 0.1) is 20.8 Å². The van der Waals surface area contributed by atoms with Crippen LogP contribution in [0.1, 0.15) is 22.5 Å². The Morgan fingerprint density at radius 2 is 1.77 bits per heavy atom. The van der Waals surface area contributed by atoms with Crippen molar-refractivity contribution in [2.75, 3.05) is 14.2 Å². The number of aromatic nitrogens is 4. The van der Waals surface area contributed by atoms with E-state index in [0.717, 1.165) is 40.0 Å². The molecule has 0 atom stereocenters. The summed E-state index contributed by atoms with van der Waals surface area (Å²) in [6.45, 7) is 6.03.